The molecular formula is C25H22ClF2N5O3. The summed E-state index contributed by atoms with van der Waals surface area (Å²) in [5.41, 5.74) is -0.277. The highest BCUT2D eigenvalue weighted by atomic mass is 35.5. The first kappa shape index (κ1) is 24.0. The van der Waals surface area contributed by atoms with Crippen LogP contribution in [0.2, 0.25) is 5.02 Å². The van der Waals surface area contributed by atoms with Gasteiger partial charge in [0.15, 0.2) is 5.75 Å². The molecule has 1 saturated heterocycles. The molecule has 36 heavy (non-hydrogen) atoms. The average molecular weight is 514 g/mol. The fourth-order valence-corrected chi connectivity index (χ4v) is 4.03. The molecule has 0 amide bonds. The molecule has 2 aromatic carbocycles. The third kappa shape index (κ3) is 4.82. The topological polar surface area (TPSA) is 74.4 Å². The Labute approximate surface area is 210 Å². The van der Waals surface area contributed by atoms with Crippen LogP contribution < -0.4 is 15.3 Å². The lowest BCUT2D eigenvalue weighted by molar-refractivity contribution is 0.0427. The van der Waals surface area contributed by atoms with E-state index in [1.54, 1.807) is 36.5 Å². The Morgan fingerprint density at radius 3 is 2.53 bits per heavy atom. The van der Waals surface area contributed by atoms with Gasteiger partial charge in [-0.2, -0.15) is 9.78 Å². The molecule has 0 saturated carbocycles. The number of anilines is 1. The number of aromatic nitrogens is 4. The summed E-state index contributed by atoms with van der Waals surface area (Å²) in [6, 6.07) is 12.0. The van der Waals surface area contributed by atoms with Crippen LogP contribution >= 0.6 is 11.6 Å². The Kier molecular flexibility index (Phi) is 6.71. The van der Waals surface area contributed by atoms with E-state index in [0.717, 1.165) is 40.3 Å². The number of ether oxygens (including phenoxy) is 2. The number of rotatable bonds is 8. The van der Waals surface area contributed by atoms with Gasteiger partial charge >= 0.3 is 5.69 Å². The molecule has 8 nitrogen and oxygen atoms in total. The van der Waals surface area contributed by atoms with Gasteiger partial charge < -0.3 is 14.4 Å². The van der Waals surface area contributed by atoms with Crippen LogP contribution in [0.3, 0.4) is 0 Å². The molecule has 3 heterocycles. The molecule has 2 aromatic heterocycles. The Balaban J connectivity index is 1.30. The predicted octanol–water partition coefficient (Wildman–Crippen LogP) is 4.43. The molecule has 0 unspecified atom stereocenters. The van der Waals surface area contributed by atoms with Gasteiger partial charge in [0.2, 0.25) is 0 Å². The smallest absolute Gasteiger partial charge is 0.350 e. The van der Waals surface area contributed by atoms with E-state index in [4.69, 9.17) is 21.1 Å². The van der Waals surface area contributed by atoms with Crippen LogP contribution in [-0.2, 0) is 11.3 Å². The quantitative estimate of drug-likeness (QED) is 0.347. The van der Waals surface area contributed by atoms with E-state index in [-0.39, 0.29) is 18.2 Å². The molecule has 0 N–H and O–H groups in total. The number of hydrogen-bond donors (Lipinski definition) is 0. The minimum atomic E-state index is -0.725. The zero-order chi connectivity index (χ0) is 25.2. The number of hydrogen-bond acceptors (Lipinski definition) is 6. The van der Waals surface area contributed by atoms with E-state index in [2.05, 4.69) is 15.0 Å². The molecular weight excluding hydrogens is 492 g/mol. The lowest BCUT2D eigenvalue weighted by Gasteiger charge is -2.39. The van der Waals surface area contributed by atoms with Crippen molar-refractivity contribution in [3.63, 3.8) is 0 Å². The van der Waals surface area contributed by atoms with Crippen LogP contribution in [0, 0.1) is 11.6 Å². The highest BCUT2D eigenvalue weighted by Crippen LogP contribution is 2.33. The van der Waals surface area contributed by atoms with Crippen LogP contribution in [0.25, 0.3) is 5.69 Å². The van der Waals surface area contributed by atoms with Gasteiger partial charge in [0, 0.05) is 31.3 Å². The van der Waals surface area contributed by atoms with Gasteiger partial charge in [-0.15, -0.1) is 0 Å². The number of benzene rings is 2. The van der Waals surface area contributed by atoms with Crippen LogP contribution in [0.4, 0.5) is 14.6 Å². The molecule has 11 heteroatoms. The Hall–Kier alpha value is -3.76. The van der Waals surface area contributed by atoms with Gasteiger partial charge in [-0.25, -0.2) is 18.6 Å². The van der Waals surface area contributed by atoms with Crippen molar-refractivity contribution >= 4 is 17.4 Å². The molecule has 0 atom stereocenters. The number of halogens is 3. The second-order valence-electron chi connectivity index (χ2n) is 8.20. The SMILES string of the molecule is CCOC1CN(c2cc(Oc3ccc(-n4ncn(Cc5c(F)cccc5F)c4=O)cc3)c(Cl)cn2)C1. The Morgan fingerprint density at radius 2 is 1.83 bits per heavy atom. The summed E-state index contributed by atoms with van der Waals surface area (Å²) < 4.78 is 41.8. The first-order chi connectivity index (χ1) is 17.4. The maximum Gasteiger partial charge on any atom is 0.350 e. The van der Waals surface area contributed by atoms with Gasteiger partial charge in [-0.1, -0.05) is 17.7 Å². The molecule has 186 valence electrons. The number of pyridine rings is 1. The van der Waals surface area contributed by atoms with Crippen molar-refractivity contribution < 1.29 is 18.3 Å². The Morgan fingerprint density at radius 1 is 1.11 bits per heavy atom. The Bertz CT molecular complexity index is 1410. The average Bonchev–Trinajstić information content (AvgIpc) is 3.20. The van der Waals surface area contributed by atoms with E-state index in [1.165, 1.54) is 12.4 Å². The third-order valence-electron chi connectivity index (χ3n) is 5.81. The van der Waals surface area contributed by atoms with Crippen molar-refractivity contribution in [2.45, 2.75) is 19.6 Å². The minimum Gasteiger partial charge on any atom is -0.456 e. The molecule has 0 bridgehead atoms. The van der Waals surface area contributed by atoms with E-state index in [9.17, 15) is 13.6 Å². The zero-order valence-electron chi connectivity index (χ0n) is 19.3. The highest BCUT2D eigenvalue weighted by molar-refractivity contribution is 6.32. The van der Waals surface area contributed by atoms with Gasteiger partial charge in [-0.05, 0) is 43.3 Å². The van der Waals surface area contributed by atoms with Crippen molar-refractivity contribution in [3.8, 4) is 17.2 Å². The normalized spacial score (nSPS) is 13.6. The first-order valence-electron chi connectivity index (χ1n) is 11.3. The van der Waals surface area contributed by atoms with E-state index >= 15 is 0 Å². The summed E-state index contributed by atoms with van der Waals surface area (Å²) >= 11 is 6.29. The third-order valence-corrected chi connectivity index (χ3v) is 6.10. The van der Waals surface area contributed by atoms with Crippen molar-refractivity contribution in [2.75, 3.05) is 24.6 Å². The molecule has 1 aliphatic heterocycles. The van der Waals surface area contributed by atoms with Crippen LogP contribution in [0.15, 0.2) is 65.8 Å². The molecule has 5 rings (SSSR count). The minimum absolute atomic E-state index is 0.196. The molecule has 4 aromatic rings. The van der Waals surface area contributed by atoms with Crippen LogP contribution in [0.1, 0.15) is 12.5 Å². The van der Waals surface area contributed by atoms with Gasteiger partial charge in [0.1, 0.15) is 34.6 Å². The fourth-order valence-electron chi connectivity index (χ4n) is 3.88. The predicted molar refractivity (Wildman–Crippen MR) is 130 cm³/mol. The van der Waals surface area contributed by atoms with E-state index in [1.807, 2.05) is 6.92 Å². The zero-order valence-corrected chi connectivity index (χ0v) is 20.0. The van der Waals surface area contributed by atoms with Crippen molar-refractivity contribution in [1.29, 1.82) is 0 Å². The number of nitrogens with zero attached hydrogens (tertiary/aromatic N) is 5. The highest BCUT2D eigenvalue weighted by Gasteiger charge is 2.28. The summed E-state index contributed by atoms with van der Waals surface area (Å²) in [4.78, 5) is 19.2. The van der Waals surface area contributed by atoms with Crippen molar-refractivity contribution in [1.82, 2.24) is 19.3 Å². The molecule has 1 fully saturated rings. The summed E-state index contributed by atoms with van der Waals surface area (Å²) in [5.74, 6) is 0.233. The maximum absolute atomic E-state index is 14.0. The molecule has 1 aliphatic rings. The van der Waals surface area contributed by atoms with E-state index in [0.29, 0.717) is 28.8 Å². The standard InChI is InChI=1S/C25H22ClF2N5O3/c1-2-35-18-12-31(13-18)24-10-23(20(26)11-29-24)36-17-8-6-16(7-9-17)33-25(34)32(15-30-33)14-19-21(27)4-3-5-22(19)28/h3-11,15,18H,2,12-14H2,1H3. The largest absolute Gasteiger partial charge is 0.456 e. The van der Waals surface area contributed by atoms with Gasteiger partial charge in [-0.3, -0.25) is 4.57 Å². The van der Waals surface area contributed by atoms with Gasteiger partial charge in [0.25, 0.3) is 0 Å². The van der Waals surface area contributed by atoms with Crippen LogP contribution in [-0.4, -0.2) is 45.1 Å². The molecule has 0 radical (unpaired) electrons. The van der Waals surface area contributed by atoms with Gasteiger partial charge in [0.05, 0.1) is 24.5 Å². The maximum atomic E-state index is 14.0. The summed E-state index contributed by atoms with van der Waals surface area (Å²) in [6.07, 6.45) is 2.98. The second-order valence-corrected chi connectivity index (χ2v) is 8.61. The fraction of sp³-hybridized carbons (Fsp3) is 0.240. The summed E-state index contributed by atoms with van der Waals surface area (Å²) in [6.45, 7) is 3.87. The molecule has 0 spiro atoms. The van der Waals surface area contributed by atoms with E-state index < -0.39 is 17.3 Å². The lowest BCUT2D eigenvalue weighted by Crippen LogP contribution is -2.52. The first-order valence-corrected chi connectivity index (χ1v) is 11.7. The molecule has 0 aliphatic carbocycles. The monoisotopic (exact) mass is 513 g/mol. The van der Waals surface area contributed by atoms with Crippen molar-refractivity contribution in [3.05, 3.63) is 93.8 Å². The summed E-state index contributed by atoms with van der Waals surface area (Å²) in [5, 5.41) is 4.43. The summed E-state index contributed by atoms with van der Waals surface area (Å²) in [7, 11) is 0. The van der Waals surface area contributed by atoms with Crippen molar-refractivity contribution in [2.24, 2.45) is 0 Å². The van der Waals surface area contributed by atoms with Crippen LogP contribution in [0.5, 0.6) is 11.5 Å². The lowest BCUT2D eigenvalue weighted by atomic mass is 10.1. The second kappa shape index (κ2) is 10.1.